The number of esters is 1. The molecule has 6 heteroatoms. The van der Waals surface area contributed by atoms with Crippen molar-refractivity contribution in [3.63, 3.8) is 0 Å². The van der Waals surface area contributed by atoms with E-state index in [1.54, 1.807) is 0 Å². The first-order valence-electron chi connectivity index (χ1n) is 8.38. The van der Waals surface area contributed by atoms with Gasteiger partial charge >= 0.3 is 5.97 Å². The molecular weight excluding hydrogens is 282 g/mol. The second-order valence-corrected chi connectivity index (χ2v) is 5.91. The molecule has 6 nitrogen and oxygen atoms in total. The van der Waals surface area contributed by atoms with Gasteiger partial charge in [-0.1, -0.05) is 18.5 Å². The highest BCUT2D eigenvalue weighted by Crippen LogP contribution is 2.26. The Morgan fingerprint density at radius 2 is 2.32 bits per heavy atom. The van der Waals surface area contributed by atoms with Gasteiger partial charge in [0, 0.05) is 13.0 Å². The van der Waals surface area contributed by atoms with Gasteiger partial charge in [0.2, 0.25) is 5.89 Å². The van der Waals surface area contributed by atoms with E-state index in [1.165, 1.54) is 0 Å². The number of carbonyl (C=O) groups excluding carboxylic acids is 1. The maximum atomic E-state index is 11.9. The van der Waals surface area contributed by atoms with Crippen molar-refractivity contribution in [3.8, 4) is 0 Å². The molecule has 1 fully saturated rings. The van der Waals surface area contributed by atoms with Gasteiger partial charge in [-0.25, -0.2) is 0 Å². The SMILES string of the molecule is CCCCc1noc(C(C)N2CCCC(C(=O)OCC)C2)n1. The Morgan fingerprint density at radius 1 is 1.50 bits per heavy atom. The molecule has 22 heavy (non-hydrogen) atoms. The number of rotatable bonds is 7. The first-order valence-corrected chi connectivity index (χ1v) is 8.38. The third-order valence-electron chi connectivity index (χ3n) is 4.22. The molecule has 2 unspecified atom stereocenters. The summed E-state index contributed by atoms with van der Waals surface area (Å²) in [6, 6.07) is 0.0418. The molecule has 2 heterocycles. The normalized spacial score (nSPS) is 20.8. The van der Waals surface area contributed by atoms with Crippen LogP contribution < -0.4 is 0 Å². The molecule has 2 rings (SSSR count). The van der Waals surface area contributed by atoms with Crippen LogP contribution in [0.1, 0.15) is 64.2 Å². The van der Waals surface area contributed by atoms with Gasteiger partial charge in [-0.05, 0) is 39.7 Å². The first-order chi connectivity index (χ1) is 10.7. The van der Waals surface area contributed by atoms with Gasteiger partial charge in [-0.2, -0.15) is 4.98 Å². The van der Waals surface area contributed by atoms with Crippen LogP contribution in [0.25, 0.3) is 0 Å². The standard InChI is InChI=1S/C16H27N3O3/c1-4-6-9-14-17-15(22-18-14)12(3)19-10-7-8-13(11-19)16(20)21-5-2/h12-13H,4-11H2,1-3H3. The summed E-state index contributed by atoms with van der Waals surface area (Å²) in [4.78, 5) is 18.7. The van der Waals surface area contributed by atoms with E-state index in [2.05, 4.69) is 28.9 Å². The lowest BCUT2D eigenvalue weighted by molar-refractivity contribution is -0.150. The van der Waals surface area contributed by atoms with E-state index < -0.39 is 0 Å². The van der Waals surface area contributed by atoms with E-state index in [0.717, 1.165) is 44.5 Å². The van der Waals surface area contributed by atoms with E-state index in [1.807, 2.05) is 6.92 Å². The van der Waals surface area contributed by atoms with Crippen LogP contribution in [-0.2, 0) is 16.0 Å². The van der Waals surface area contributed by atoms with Gasteiger partial charge in [0.1, 0.15) is 0 Å². The molecule has 0 aliphatic carbocycles. The minimum atomic E-state index is -0.0893. The third kappa shape index (κ3) is 4.29. The van der Waals surface area contributed by atoms with Crippen LogP contribution in [0.4, 0.5) is 0 Å². The van der Waals surface area contributed by atoms with Crippen molar-refractivity contribution in [2.24, 2.45) is 5.92 Å². The molecule has 0 saturated carbocycles. The highest BCUT2D eigenvalue weighted by atomic mass is 16.5. The Bertz CT molecular complexity index is 475. The fourth-order valence-electron chi connectivity index (χ4n) is 2.84. The average molecular weight is 309 g/mol. The second-order valence-electron chi connectivity index (χ2n) is 5.91. The fourth-order valence-corrected chi connectivity index (χ4v) is 2.84. The van der Waals surface area contributed by atoms with E-state index in [4.69, 9.17) is 9.26 Å². The molecule has 1 aromatic rings. The van der Waals surface area contributed by atoms with Crippen molar-refractivity contribution in [1.82, 2.24) is 15.0 Å². The Labute approximate surface area is 132 Å². The van der Waals surface area contributed by atoms with E-state index in [-0.39, 0.29) is 17.9 Å². The molecule has 1 aromatic heterocycles. The van der Waals surface area contributed by atoms with Crippen LogP contribution in [-0.4, -0.2) is 40.7 Å². The number of ether oxygens (including phenoxy) is 1. The van der Waals surface area contributed by atoms with Crippen LogP contribution in [0, 0.1) is 5.92 Å². The van der Waals surface area contributed by atoms with Gasteiger partial charge in [0.05, 0.1) is 18.6 Å². The number of aromatic nitrogens is 2. The predicted octanol–water partition coefficient (Wildman–Crippen LogP) is 2.75. The summed E-state index contributed by atoms with van der Waals surface area (Å²) in [6.07, 6.45) is 4.94. The van der Waals surface area contributed by atoms with Crippen molar-refractivity contribution in [3.05, 3.63) is 11.7 Å². The van der Waals surface area contributed by atoms with Crippen molar-refractivity contribution >= 4 is 5.97 Å². The summed E-state index contributed by atoms with van der Waals surface area (Å²) in [7, 11) is 0. The maximum Gasteiger partial charge on any atom is 0.310 e. The number of aryl methyl sites for hydroxylation is 1. The molecule has 0 aromatic carbocycles. The smallest absolute Gasteiger partial charge is 0.310 e. The van der Waals surface area contributed by atoms with Crippen molar-refractivity contribution in [2.75, 3.05) is 19.7 Å². The lowest BCUT2D eigenvalue weighted by Gasteiger charge is -2.34. The van der Waals surface area contributed by atoms with Gasteiger partial charge < -0.3 is 9.26 Å². The molecule has 2 atom stereocenters. The summed E-state index contributed by atoms with van der Waals surface area (Å²) in [6.45, 7) is 8.14. The van der Waals surface area contributed by atoms with Crippen LogP contribution in [0.15, 0.2) is 4.52 Å². The summed E-state index contributed by atoms with van der Waals surface area (Å²) >= 11 is 0. The minimum absolute atomic E-state index is 0.0418. The van der Waals surface area contributed by atoms with E-state index in [0.29, 0.717) is 19.0 Å². The topological polar surface area (TPSA) is 68.5 Å². The number of carbonyl (C=O) groups is 1. The zero-order chi connectivity index (χ0) is 15.9. The van der Waals surface area contributed by atoms with Crippen molar-refractivity contribution in [2.45, 2.75) is 58.9 Å². The summed E-state index contributed by atoms with van der Waals surface area (Å²) < 4.78 is 10.5. The van der Waals surface area contributed by atoms with Gasteiger partial charge in [0.25, 0.3) is 0 Å². The molecule has 1 aliphatic heterocycles. The lowest BCUT2D eigenvalue weighted by atomic mass is 9.97. The van der Waals surface area contributed by atoms with Crippen LogP contribution in [0.3, 0.4) is 0 Å². The zero-order valence-electron chi connectivity index (χ0n) is 13.9. The van der Waals surface area contributed by atoms with Crippen LogP contribution in [0.5, 0.6) is 0 Å². The molecule has 0 N–H and O–H groups in total. The Balaban J connectivity index is 1.94. The summed E-state index contributed by atoms with van der Waals surface area (Å²) in [5.41, 5.74) is 0. The van der Waals surface area contributed by atoms with E-state index >= 15 is 0 Å². The van der Waals surface area contributed by atoms with Gasteiger partial charge in [-0.15, -0.1) is 0 Å². The van der Waals surface area contributed by atoms with Crippen molar-refractivity contribution < 1.29 is 14.1 Å². The number of piperidine rings is 1. The Morgan fingerprint density at radius 3 is 3.05 bits per heavy atom. The van der Waals surface area contributed by atoms with Gasteiger partial charge in [-0.3, -0.25) is 9.69 Å². The molecule has 0 spiro atoms. The molecule has 0 bridgehead atoms. The molecule has 0 radical (unpaired) electrons. The van der Waals surface area contributed by atoms with Crippen molar-refractivity contribution in [1.29, 1.82) is 0 Å². The monoisotopic (exact) mass is 309 g/mol. The number of hydrogen-bond donors (Lipinski definition) is 0. The van der Waals surface area contributed by atoms with Crippen LogP contribution in [0.2, 0.25) is 0 Å². The Hall–Kier alpha value is -1.43. The summed E-state index contributed by atoms with van der Waals surface area (Å²) in [5.74, 6) is 1.30. The first kappa shape index (κ1) is 16.9. The second kappa shape index (κ2) is 8.27. The maximum absolute atomic E-state index is 11.9. The molecule has 124 valence electrons. The predicted molar refractivity (Wildman–Crippen MR) is 82.3 cm³/mol. The highest BCUT2D eigenvalue weighted by molar-refractivity contribution is 5.72. The fraction of sp³-hybridized carbons (Fsp3) is 0.812. The molecule has 1 saturated heterocycles. The molecule has 0 amide bonds. The summed E-state index contributed by atoms with van der Waals surface area (Å²) in [5, 5.41) is 4.05. The van der Waals surface area contributed by atoms with Crippen LogP contribution >= 0.6 is 0 Å². The zero-order valence-corrected chi connectivity index (χ0v) is 13.9. The third-order valence-corrected chi connectivity index (χ3v) is 4.22. The molecular formula is C16H27N3O3. The molecule has 1 aliphatic rings. The average Bonchev–Trinajstić information content (AvgIpc) is 3.01. The largest absolute Gasteiger partial charge is 0.466 e. The lowest BCUT2D eigenvalue weighted by Crippen LogP contribution is -2.40. The number of hydrogen-bond acceptors (Lipinski definition) is 6. The van der Waals surface area contributed by atoms with Gasteiger partial charge in [0.15, 0.2) is 5.82 Å². The number of unbranched alkanes of at least 4 members (excludes halogenated alkanes) is 1. The quantitative estimate of drug-likeness (QED) is 0.721. The number of nitrogens with zero attached hydrogens (tertiary/aromatic N) is 3. The van der Waals surface area contributed by atoms with E-state index in [9.17, 15) is 4.79 Å². The highest BCUT2D eigenvalue weighted by Gasteiger charge is 2.31. The minimum Gasteiger partial charge on any atom is -0.466 e. The Kier molecular flexibility index (Phi) is 6.36. The number of likely N-dealkylation sites (tertiary alicyclic amines) is 1.